The van der Waals surface area contributed by atoms with E-state index in [2.05, 4.69) is 5.32 Å². The first-order valence-electron chi connectivity index (χ1n) is 9.24. The number of hydrogen-bond donors (Lipinski definition) is 2. The molecule has 2 aromatic heterocycles. The molecule has 2 heterocycles. The molecule has 0 unspecified atom stereocenters. The Hall–Kier alpha value is -3.84. The van der Waals surface area contributed by atoms with E-state index in [-0.39, 0.29) is 22.5 Å². The van der Waals surface area contributed by atoms with Crippen molar-refractivity contribution in [3.63, 3.8) is 0 Å². The van der Waals surface area contributed by atoms with E-state index in [9.17, 15) is 14.0 Å². The number of nitrogens with one attached hydrogen (secondary N) is 1. The van der Waals surface area contributed by atoms with Gasteiger partial charge < -0.3 is 20.2 Å². The minimum absolute atomic E-state index is 0.0130. The van der Waals surface area contributed by atoms with Gasteiger partial charge in [0.25, 0.3) is 5.91 Å². The van der Waals surface area contributed by atoms with Crippen LogP contribution in [0.25, 0.3) is 5.52 Å². The third-order valence-electron chi connectivity index (χ3n) is 4.84. The Morgan fingerprint density at radius 1 is 1.10 bits per heavy atom. The number of benzene rings is 2. The van der Waals surface area contributed by atoms with Gasteiger partial charge in [-0.2, -0.15) is 0 Å². The summed E-state index contributed by atoms with van der Waals surface area (Å²) in [5, 5.41) is 3.16. The first kappa shape index (κ1) is 20.4. The lowest BCUT2D eigenvalue weighted by molar-refractivity contribution is 0.102. The highest BCUT2D eigenvalue weighted by molar-refractivity contribution is 6.31. The van der Waals surface area contributed by atoms with Gasteiger partial charge in [0, 0.05) is 16.8 Å². The summed E-state index contributed by atoms with van der Waals surface area (Å²) < 4.78 is 20.1. The number of nitrogens with zero attached hydrogens (tertiary/aromatic N) is 1. The molecule has 0 saturated heterocycles. The topological polar surface area (TPSA) is 85.8 Å². The average Bonchev–Trinajstić information content (AvgIpc) is 3.05. The second kappa shape index (κ2) is 8.12. The van der Waals surface area contributed by atoms with Crippen LogP contribution in [0, 0.1) is 5.82 Å². The second-order valence-electron chi connectivity index (χ2n) is 6.73. The van der Waals surface area contributed by atoms with E-state index in [0.29, 0.717) is 22.0 Å². The number of carbonyl (C=O) groups excluding carboxylic acids is 2. The number of pyridine rings is 1. The van der Waals surface area contributed by atoms with E-state index < -0.39 is 17.5 Å². The Bertz CT molecular complexity index is 1320. The molecule has 4 aromatic rings. The van der Waals surface area contributed by atoms with Gasteiger partial charge in [0.05, 0.1) is 29.6 Å². The normalized spacial score (nSPS) is 10.8. The van der Waals surface area contributed by atoms with Crippen molar-refractivity contribution in [3.05, 3.63) is 94.5 Å². The number of nitrogen functional groups attached to an aromatic ring is 1. The molecular formula is C23H17ClFN3O3. The molecule has 0 aliphatic rings. The molecule has 2 aromatic carbocycles. The zero-order valence-electron chi connectivity index (χ0n) is 16.4. The quantitative estimate of drug-likeness (QED) is 0.439. The van der Waals surface area contributed by atoms with Crippen molar-refractivity contribution < 1.29 is 18.7 Å². The van der Waals surface area contributed by atoms with Gasteiger partial charge >= 0.3 is 0 Å². The summed E-state index contributed by atoms with van der Waals surface area (Å²) in [5.74, 6) is -1.000. The molecule has 0 fully saturated rings. The van der Waals surface area contributed by atoms with Crippen molar-refractivity contribution in [2.75, 3.05) is 18.2 Å². The fraction of sp³-hybridized carbons (Fsp3) is 0.0435. The lowest BCUT2D eigenvalue weighted by Crippen LogP contribution is -2.14. The van der Waals surface area contributed by atoms with Crippen LogP contribution in [0.3, 0.4) is 0 Å². The number of ether oxygens (including phenoxy) is 1. The number of methoxy groups -OCH3 is 1. The zero-order valence-corrected chi connectivity index (χ0v) is 17.1. The summed E-state index contributed by atoms with van der Waals surface area (Å²) in [7, 11) is 1.47. The number of ketones is 1. The van der Waals surface area contributed by atoms with Crippen molar-refractivity contribution >= 4 is 40.2 Å². The number of aromatic nitrogens is 1. The molecule has 6 nitrogen and oxygen atoms in total. The SMILES string of the molecule is COc1ccc(Cl)cc1NC(=O)c1c(N)c(C(=O)c2ccc(F)cc2)n2ccccc12. The fourth-order valence-corrected chi connectivity index (χ4v) is 3.57. The lowest BCUT2D eigenvalue weighted by Gasteiger charge is -2.10. The highest BCUT2D eigenvalue weighted by Gasteiger charge is 2.26. The highest BCUT2D eigenvalue weighted by atomic mass is 35.5. The summed E-state index contributed by atoms with van der Waals surface area (Å²) in [6.07, 6.45) is 1.64. The first-order valence-corrected chi connectivity index (χ1v) is 9.62. The number of hydrogen-bond acceptors (Lipinski definition) is 4. The molecule has 8 heteroatoms. The maximum Gasteiger partial charge on any atom is 0.260 e. The van der Waals surface area contributed by atoms with Crippen molar-refractivity contribution in [2.45, 2.75) is 0 Å². The third kappa shape index (κ3) is 3.71. The van der Waals surface area contributed by atoms with Gasteiger partial charge in [-0.25, -0.2) is 4.39 Å². The summed E-state index contributed by atoms with van der Waals surface area (Å²) in [6.45, 7) is 0. The molecule has 0 bridgehead atoms. The standard InChI is InChI=1S/C23H17ClFN3O3/c1-31-18-10-7-14(24)12-16(18)27-23(30)19-17-4-2-3-11-28(17)21(20(19)26)22(29)13-5-8-15(25)9-6-13/h2-12H,26H2,1H3,(H,27,30). The zero-order chi connectivity index (χ0) is 22.1. The molecule has 0 aliphatic heterocycles. The van der Waals surface area contributed by atoms with Crippen LogP contribution >= 0.6 is 11.6 Å². The van der Waals surface area contributed by atoms with E-state index in [4.69, 9.17) is 22.1 Å². The van der Waals surface area contributed by atoms with E-state index in [1.54, 1.807) is 47.0 Å². The van der Waals surface area contributed by atoms with Gasteiger partial charge in [-0.1, -0.05) is 17.7 Å². The number of nitrogens with two attached hydrogens (primary N) is 1. The summed E-state index contributed by atoms with van der Waals surface area (Å²) in [5.41, 5.74) is 7.63. The molecule has 0 atom stereocenters. The number of carbonyl (C=O) groups is 2. The molecule has 31 heavy (non-hydrogen) atoms. The number of fused-ring (bicyclic) bond motifs is 1. The van der Waals surface area contributed by atoms with Gasteiger partial charge in [0.15, 0.2) is 0 Å². The van der Waals surface area contributed by atoms with Crippen molar-refractivity contribution in [1.82, 2.24) is 4.40 Å². The molecular weight excluding hydrogens is 421 g/mol. The molecule has 0 aliphatic carbocycles. The Labute approximate surface area is 182 Å². The van der Waals surface area contributed by atoms with E-state index >= 15 is 0 Å². The molecule has 4 rings (SSSR count). The van der Waals surface area contributed by atoms with Gasteiger partial charge in [0.1, 0.15) is 17.3 Å². The minimum Gasteiger partial charge on any atom is -0.495 e. The Morgan fingerprint density at radius 2 is 1.84 bits per heavy atom. The second-order valence-corrected chi connectivity index (χ2v) is 7.16. The molecule has 3 N–H and O–H groups in total. The third-order valence-corrected chi connectivity index (χ3v) is 5.07. The first-order chi connectivity index (χ1) is 14.9. The molecule has 0 spiro atoms. The average molecular weight is 438 g/mol. The number of anilines is 2. The maximum atomic E-state index is 13.3. The highest BCUT2D eigenvalue weighted by Crippen LogP contribution is 2.32. The van der Waals surface area contributed by atoms with Crippen LogP contribution in [0.2, 0.25) is 5.02 Å². The maximum absolute atomic E-state index is 13.3. The smallest absolute Gasteiger partial charge is 0.260 e. The number of amides is 1. The summed E-state index contributed by atoms with van der Waals surface area (Å²) in [6, 6.07) is 15.1. The van der Waals surface area contributed by atoms with Crippen LogP contribution in [0.4, 0.5) is 15.8 Å². The minimum atomic E-state index is -0.528. The predicted octanol–water partition coefficient (Wildman–Crippen LogP) is 4.81. The number of rotatable bonds is 5. The largest absolute Gasteiger partial charge is 0.495 e. The van der Waals surface area contributed by atoms with Crippen molar-refractivity contribution in [2.24, 2.45) is 0 Å². The van der Waals surface area contributed by atoms with Crippen LogP contribution in [0.15, 0.2) is 66.9 Å². The van der Waals surface area contributed by atoms with Gasteiger partial charge in [-0.3, -0.25) is 9.59 Å². The molecule has 1 amide bonds. The van der Waals surface area contributed by atoms with E-state index in [1.165, 1.54) is 31.4 Å². The monoisotopic (exact) mass is 437 g/mol. The van der Waals surface area contributed by atoms with Gasteiger partial charge in [-0.05, 0) is 54.6 Å². The van der Waals surface area contributed by atoms with Crippen LogP contribution in [-0.4, -0.2) is 23.2 Å². The van der Waals surface area contributed by atoms with Gasteiger partial charge in [-0.15, -0.1) is 0 Å². The van der Waals surface area contributed by atoms with Crippen LogP contribution in [-0.2, 0) is 0 Å². The Balaban J connectivity index is 1.82. The van der Waals surface area contributed by atoms with Gasteiger partial charge in [0.2, 0.25) is 5.78 Å². The predicted molar refractivity (Wildman–Crippen MR) is 118 cm³/mol. The lowest BCUT2D eigenvalue weighted by atomic mass is 10.1. The van der Waals surface area contributed by atoms with E-state index in [1.807, 2.05) is 0 Å². The molecule has 156 valence electrons. The summed E-state index contributed by atoms with van der Waals surface area (Å²) in [4.78, 5) is 26.3. The van der Waals surface area contributed by atoms with E-state index in [0.717, 1.165) is 0 Å². The fourth-order valence-electron chi connectivity index (χ4n) is 3.40. The summed E-state index contributed by atoms with van der Waals surface area (Å²) >= 11 is 6.05. The Morgan fingerprint density at radius 3 is 2.55 bits per heavy atom. The van der Waals surface area contributed by atoms with Crippen LogP contribution in [0.1, 0.15) is 26.4 Å². The van der Waals surface area contributed by atoms with Crippen molar-refractivity contribution in [1.29, 1.82) is 0 Å². The Kier molecular flexibility index (Phi) is 5.35. The number of halogens is 2. The molecule has 0 radical (unpaired) electrons. The van der Waals surface area contributed by atoms with Crippen LogP contribution in [0.5, 0.6) is 5.75 Å². The van der Waals surface area contributed by atoms with Crippen molar-refractivity contribution in [3.8, 4) is 5.75 Å². The molecule has 0 saturated carbocycles. The van der Waals surface area contributed by atoms with Crippen LogP contribution < -0.4 is 15.8 Å².